The van der Waals surface area contributed by atoms with E-state index in [9.17, 15) is 9.90 Å². The Morgan fingerprint density at radius 3 is 2.80 bits per heavy atom. The van der Waals surface area contributed by atoms with Crippen LogP contribution in [-0.2, 0) is 12.8 Å². The first-order valence-corrected chi connectivity index (χ1v) is 8.66. The standard InChI is InChI=1S/C16H23NO2S/c18-13-8-5-4-7-12(13)17-16(19)15-10-11-6-2-1-3-9-14(11)20-15/h10,12-13,18H,1-9H2,(H,17,19)/t12-,13-/m0/s1. The highest BCUT2D eigenvalue weighted by Crippen LogP contribution is 2.29. The summed E-state index contributed by atoms with van der Waals surface area (Å²) in [4.78, 5) is 14.6. The molecule has 0 saturated heterocycles. The predicted molar refractivity (Wildman–Crippen MR) is 81.3 cm³/mol. The van der Waals surface area contributed by atoms with Gasteiger partial charge in [-0.05, 0) is 50.2 Å². The van der Waals surface area contributed by atoms with E-state index in [1.165, 1.54) is 29.7 Å². The summed E-state index contributed by atoms with van der Waals surface area (Å²) in [7, 11) is 0. The molecular formula is C16H23NO2S. The van der Waals surface area contributed by atoms with Crippen LogP contribution in [0.2, 0.25) is 0 Å². The molecule has 0 aliphatic heterocycles. The number of aryl methyl sites for hydroxylation is 2. The van der Waals surface area contributed by atoms with E-state index < -0.39 is 0 Å². The van der Waals surface area contributed by atoms with Crippen LogP contribution in [-0.4, -0.2) is 23.2 Å². The second-order valence-electron chi connectivity index (χ2n) is 6.05. The molecule has 2 N–H and O–H groups in total. The van der Waals surface area contributed by atoms with Crippen LogP contribution in [0.25, 0.3) is 0 Å². The van der Waals surface area contributed by atoms with Crippen LogP contribution in [0, 0.1) is 0 Å². The molecule has 110 valence electrons. The molecule has 2 aliphatic rings. The monoisotopic (exact) mass is 293 g/mol. The number of aliphatic hydroxyl groups excluding tert-OH is 1. The Morgan fingerprint density at radius 2 is 1.95 bits per heavy atom. The van der Waals surface area contributed by atoms with Crippen LogP contribution in [0.3, 0.4) is 0 Å². The Kier molecular flexibility index (Phi) is 4.41. The van der Waals surface area contributed by atoms with E-state index >= 15 is 0 Å². The van der Waals surface area contributed by atoms with Crippen molar-refractivity contribution in [1.29, 1.82) is 0 Å². The lowest BCUT2D eigenvalue weighted by molar-refractivity contribution is 0.0720. The van der Waals surface area contributed by atoms with Gasteiger partial charge in [0.15, 0.2) is 0 Å². The molecule has 1 aromatic rings. The minimum absolute atomic E-state index is 0.00836. The zero-order valence-corrected chi connectivity index (χ0v) is 12.7. The molecule has 0 aromatic carbocycles. The molecule has 2 atom stereocenters. The Morgan fingerprint density at radius 1 is 1.15 bits per heavy atom. The fourth-order valence-corrected chi connectivity index (χ4v) is 4.46. The van der Waals surface area contributed by atoms with Gasteiger partial charge >= 0.3 is 0 Å². The molecule has 0 bridgehead atoms. The zero-order valence-electron chi connectivity index (χ0n) is 11.9. The second kappa shape index (κ2) is 6.27. The van der Waals surface area contributed by atoms with Gasteiger partial charge in [0.25, 0.3) is 5.91 Å². The minimum Gasteiger partial charge on any atom is -0.391 e. The lowest BCUT2D eigenvalue weighted by Crippen LogP contribution is -2.44. The summed E-state index contributed by atoms with van der Waals surface area (Å²) in [5, 5.41) is 13.0. The van der Waals surface area contributed by atoms with Crippen molar-refractivity contribution in [3.05, 3.63) is 21.4 Å². The summed E-state index contributed by atoms with van der Waals surface area (Å²) in [6.07, 6.45) is 9.54. The fourth-order valence-electron chi connectivity index (χ4n) is 3.30. The number of carbonyl (C=O) groups excluding carboxylic acids is 1. The maximum absolute atomic E-state index is 12.4. The quantitative estimate of drug-likeness (QED) is 0.823. The van der Waals surface area contributed by atoms with Gasteiger partial charge in [0, 0.05) is 4.88 Å². The molecular weight excluding hydrogens is 270 g/mol. The molecule has 0 spiro atoms. The van der Waals surface area contributed by atoms with Crippen LogP contribution < -0.4 is 5.32 Å². The molecule has 3 nitrogen and oxygen atoms in total. The molecule has 1 aromatic heterocycles. The van der Waals surface area contributed by atoms with E-state index in [0.29, 0.717) is 0 Å². The van der Waals surface area contributed by atoms with Crippen molar-refractivity contribution in [3.63, 3.8) is 0 Å². The van der Waals surface area contributed by atoms with E-state index in [2.05, 4.69) is 11.4 Å². The second-order valence-corrected chi connectivity index (χ2v) is 7.19. The summed E-state index contributed by atoms with van der Waals surface area (Å²) in [5.74, 6) is 0.00836. The first kappa shape index (κ1) is 14.1. The maximum atomic E-state index is 12.4. The Labute approximate surface area is 124 Å². The number of hydrogen-bond donors (Lipinski definition) is 2. The normalized spacial score (nSPS) is 26.6. The van der Waals surface area contributed by atoms with Gasteiger partial charge in [-0.15, -0.1) is 11.3 Å². The Bertz CT molecular complexity index is 459. The fraction of sp³-hybridized carbons (Fsp3) is 0.688. The zero-order chi connectivity index (χ0) is 13.9. The highest BCUT2D eigenvalue weighted by atomic mass is 32.1. The summed E-state index contributed by atoms with van der Waals surface area (Å²) in [6, 6.07) is 2.02. The van der Waals surface area contributed by atoms with Gasteiger partial charge in [0.1, 0.15) is 0 Å². The Hall–Kier alpha value is -0.870. The van der Waals surface area contributed by atoms with Crippen LogP contribution >= 0.6 is 11.3 Å². The van der Waals surface area contributed by atoms with Gasteiger partial charge in [-0.25, -0.2) is 0 Å². The van der Waals surface area contributed by atoms with Gasteiger partial charge in [-0.3, -0.25) is 4.79 Å². The number of hydrogen-bond acceptors (Lipinski definition) is 3. The van der Waals surface area contributed by atoms with E-state index in [0.717, 1.165) is 43.4 Å². The lowest BCUT2D eigenvalue weighted by Gasteiger charge is -2.28. The highest BCUT2D eigenvalue weighted by molar-refractivity contribution is 7.14. The average molecular weight is 293 g/mol. The van der Waals surface area contributed by atoms with Crippen molar-refractivity contribution in [2.24, 2.45) is 0 Å². The van der Waals surface area contributed by atoms with E-state index in [-0.39, 0.29) is 18.1 Å². The number of amides is 1. The molecule has 1 heterocycles. The molecule has 1 amide bonds. The largest absolute Gasteiger partial charge is 0.391 e. The smallest absolute Gasteiger partial charge is 0.261 e. The third kappa shape index (κ3) is 3.07. The number of fused-ring (bicyclic) bond motifs is 1. The topological polar surface area (TPSA) is 49.3 Å². The van der Waals surface area contributed by atoms with Crippen LogP contribution in [0.15, 0.2) is 6.07 Å². The summed E-state index contributed by atoms with van der Waals surface area (Å²) >= 11 is 1.65. The van der Waals surface area contributed by atoms with Crippen molar-refractivity contribution in [3.8, 4) is 0 Å². The minimum atomic E-state index is -0.370. The molecule has 20 heavy (non-hydrogen) atoms. The molecule has 0 unspecified atom stereocenters. The van der Waals surface area contributed by atoms with Crippen molar-refractivity contribution < 1.29 is 9.90 Å². The van der Waals surface area contributed by atoms with Gasteiger partial charge in [-0.2, -0.15) is 0 Å². The molecule has 1 fully saturated rings. The van der Waals surface area contributed by atoms with Crippen molar-refractivity contribution in [2.75, 3.05) is 0 Å². The molecule has 2 aliphatic carbocycles. The first-order valence-electron chi connectivity index (χ1n) is 7.84. The number of carbonyl (C=O) groups is 1. The number of rotatable bonds is 2. The van der Waals surface area contributed by atoms with Gasteiger partial charge in [0.2, 0.25) is 0 Å². The number of aliphatic hydroxyl groups is 1. The summed E-state index contributed by atoms with van der Waals surface area (Å²) < 4.78 is 0. The molecule has 0 radical (unpaired) electrons. The van der Waals surface area contributed by atoms with Crippen LogP contribution in [0.4, 0.5) is 0 Å². The van der Waals surface area contributed by atoms with Crippen LogP contribution in [0.1, 0.15) is 65.1 Å². The number of nitrogens with one attached hydrogen (secondary N) is 1. The van der Waals surface area contributed by atoms with Gasteiger partial charge in [-0.1, -0.05) is 19.3 Å². The van der Waals surface area contributed by atoms with E-state index in [1.807, 2.05) is 0 Å². The molecule has 4 heteroatoms. The average Bonchev–Trinajstić information content (AvgIpc) is 2.73. The van der Waals surface area contributed by atoms with Gasteiger partial charge < -0.3 is 10.4 Å². The molecule has 1 saturated carbocycles. The van der Waals surface area contributed by atoms with Crippen LogP contribution in [0.5, 0.6) is 0 Å². The Balaban J connectivity index is 1.68. The SMILES string of the molecule is O=C(N[C@H]1CCCC[C@@H]1O)c1cc2c(s1)CCCCC2. The third-order valence-corrected chi connectivity index (χ3v) is 5.75. The van der Waals surface area contributed by atoms with E-state index in [1.54, 1.807) is 11.3 Å². The highest BCUT2D eigenvalue weighted by Gasteiger charge is 2.26. The lowest BCUT2D eigenvalue weighted by atomic mass is 9.92. The number of thiophene rings is 1. The van der Waals surface area contributed by atoms with Crippen molar-refractivity contribution in [1.82, 2.24) is 5.32 Å². The van der Waals surface area contributed by atoms with Crippen molar-refractivity contribution >= 4 is 17.2 Å². The summed E-state index contributed by atoms with van der Waals surface area (Å²) in [6.45, 7) is 0. The van der Waals surface area contributed by atoms with Crippen molar-refractivity contribution in [2.45, 2.75) is 69.9 Å². The third-order valence-electron chi connectivity index (χ3n) is 4.52. The maximum Gasteiger partial charge on any atom is 0.261 e. The molecule has 3 rings (SSSR count). The van der Waals surface area contributed by atoms with E-state index in [4.69, 9.17) is 0 Å². The first-order chi connectivity index (χ1) is 9.74. The summed E-state index contributed by atoms with van der Waals surface area (Å²) in [5.41, 5.74) is 1.38. The van der Waals surface area contributed by atoms with Gasteiger partial charge in [0.05, 0.1) is 17.0 Å². The predicted octanol–water partition coefficient (Wildman–Crippen LogP) is 3.05.